The number of rotatable bonds is 4. The van der Waals surface area contributed by atoms with Gasteiger partial charge in [0.05, 0.1) is 11.4 Å². The van der Waals surface area contributed by atoms with Crippen LogP contribution in [0.1, 0.15) is 5.82 Å². The molecular formula is C19H16N10. The highest BCUT2D eigenvalue weighted by molar-refractivity contribution is 5.78. The first-order valence-electron chi connectivity index (χ1n) is 8.86. The molecule has 5 aromatic rings. The minimum Gasteiger partial charge on any atom is -0.384 e. The van der Waals surface area contributed by atoms with E-state index in [9.17, 15) is 0 Å². The minimum absolute atomic E-state index is 0.374. The molecule has 29 heavy (non-hydrogen) atoms. The Morgan fingerprint density at radius 2 is 1.86 bits per heavy atom. The Hall–Kier alpha value is -4.34. The molecule has 0 aliphatic carbocycles. The predicted molar refractivity (Wildman–Crippen MR) is 108 cm³/mol. The van der Waals surface area contributed by atoms with E-state index in [4.69, 9.17) is 10.8 Å². The number of anilines is 3. The molecule has 10 nitrogen and oxygen atoms in total. The van der Waals surface area contributed by atoms with E-state index in [0.717, 1.165) is 11.3 Å². The summed E-state index contributed by atoms with van der Waals surface area (Å²) in [6, 6.07) is 11.1. The van der Waals surface area contributed by atoms with Gasteiger partial charge in [0.15, 0.2) is 17.3 Å². The fraction of sp³-hybridized carbons (Fsp3) is 0.0526. The summed E-state index contributed by atoms with van der Waals surface area (Å²) in [6.45, 7) is 1.79. The maximum Gasteiger partial charge on any atom is 0.162 e. The van der Waals surface area contributed by atoms with Gasteiger partial charge in [0, 0.05) is 36.3 Å². The molecule has 0 spiro atoms. The topological polar surface area (TPSA) is 136 Å². The average molecular weight is 384 g/mol. The van der Waals surface area contributed by atoms with Crippen molar-refractivity contribution in [3.8, 4) is 22.6 Å². The third-order valence-corrected chi connectivity index (χ3v) is 4.30. The Morgan fingerprint density at radius 1 is 1.00 bits per heavy atom. The first kappa shape index (κ1) is 16.8. The van der Waals surface area contributed by atoms with Gasteiger partial charge in [-0.05, 0) is 31.2 Å². The number of fused-ring (bicyclic) bond motifs is 1. The van der Waals surface area contributed by atoms with Crippen LogP contribution in [-0.4, -0.2) is 39.7 Å². The summed E-state index contributed by atoms with van der Waals surface area (Å²) in [5, 5.41) is 14.9. The van der Waals surface area contributed by atoms with E-state index in [0.29, 0.717) is 40.3 Å². The third kappa shape index (κ3) is 3.12. The van der Waals surface area contributed by atoms with Crippen LogP contribution in [-0.2, 0) is 0 Å². The third-order valence-electron chi connectivity index (χ3n) is 4.30. The summed E-state index contributed by atoms with van der Waals surface area (Å²) >= 11 is 0. The Morgan fingerprint density at radius 3 is 2.62 bits per heavy atom. The summed E-state index contributed by atoms with van der Waals surface area (Å²) in [5.41, 5.74) is 9.63. The molecule has 5 rings (SSSR count). The van der Waals surface area contributed by atoms with Gasteiger partial charge in [-0.2, -0.15) is 10.2 Å². The normalized spacial score (nSPS) is 11.1. The summed E-state index contributed by atoms with van der Waals surface area (Å²) in [7, 11) is 0. The van der Waals surface area contributed by atoms with E-state index in [1.807, 2.05) is 30.3 Å². The molecular weight excluding hydrogens is 368 g/mol. The lowest BCUT2D eigenvalue weighted by atomic mass is 10.2. The van der Waals surface area contributed by atoms with Gasteiger partial charge in [0.1, 0.15) is 17.3 Å². The van der Waals surface area contributed by atoms with Gasteiger partial charge in [-0.25, -0.2) is 19.5 Å². The number of nitrogens with one attached hydrogen (secondary N) is 2. The molecule has 10 heteroatoms. The van der Waals surface area contributed by atoms with Crippen LogP contribution in [0.4, 0.5) is 17.5 Å². The number of H-pyrrole nitrogens is 1. The van der Waals surface area contributed by atoms with Crippen LogP contribution < -0.4 is 11.1 Å². The molecule has 0 saturated carbocycles. The molecule has 142 valence electrons. The number of imidazole rings is 1. The van der Waals surface area contributed by atoms with Gasteiger partial charge in [-0.3, -0.25) is 10.1 Å². The molecule has 0 atom stereocenters. The lowest BCUT2D eigenvalue weighted by Gasteiger charge is -2.07. The van der Waals surface area contributed by atoms with Gasteiger partial charge in [-0.15, -0.1) is 0 Å². The number of nitrogen functional groups attached to an aromatic ring is 1. The second-order valence-electron chi connectivity index (χ2n) is 6.34. The number of aryl methyl sites for hydroxylation is 1. The zero-order chi connectivity index (χ0) is 19.8. The Bertz CT molecular complexity index is 1270. The van der Waals surface area contributed by atoms with Crippen LogP contribution in [0, 0.1) is 6.92 Å². The van der Waals surface area contributed by atoms with Crippen molar-refractivity contribution in [1.29, 1.82) is 0 Å². The standard InChI is InChI=1S/C19H16N10/c1-11-23-14(10-15(20)24-11)18-19(25-16-6-9-22-27-16)26-17-3-2-13(28-29(17)18)12-4-7-21-8-5-12/h2-10H,1H3,(H2,20,23,24)(H2,22,25,27). The van der Waals surface area contributed by atoms with Crippen molar-refractivity contribution >= 4 is 23.1 Å². The van der Waals surface area contributed by atoms with Crippen LogP contribution in [0.25, 0.3) is 28.3 Å². The van der Waals surface area contributed by atoms with Gasteiger partial charge in [-0.1, -0.05) is 0 Å². The molecule has 0 aliphatic rings. The molecule has 0 bridgehead atoms. The van der Waals surface area contributed by atoms with E-state index in [1.165, 1.54) is 0 Å². The van der Waals surface area contributed by atoms with Gasteiger partial charge >= 0.3 is 0 Å². The number of pyridine rings is 1. The summed E-state index contributed by atoms with van der Waals surface area (Å²) < 4.78 is 1.74. The lowest BCUT2D eigenvalue weighted by Crippen LogP contribution is -2.03. The molecule has 0 amide bonds. The van der Waals surface area contributed by atoms with Crippen LogP contribution in [0.5, 0.6) is 0 Å². The molecule has 5 aromatic heterocycles. The van der Waals surface area contributed by atoms with Crippen molar-refractivity contribution in [2.45, 2.75) is 6.92 Å². The minimum atomic E-state index is 0.374. The molecule has 0 radical (unpaired) electrons. The monoisotopic (exact) mass is 384 g/mol. The SMILES string of the molecule is Cc1nc(N)cc(-c2c(Nc3cc[nH]n3)nc3ccc(-c4ccncc4)nn23)n1. The first-order chi connectivity index (χ1) is 14.2. The Labute approximate surface area is 164 Å². The molecule has 5 heterocycles. The molecule has 0 aromatic carbocycles. The highest BCUT2D eigenvalue weighted by Gasteiger charge is 2.19. The fourth-order valence-electron chi connectivity index (χ4n) is 3.09. The number of hydrogen-bond donors (Lipinski definition) is 3. The summed E-state index contributed by atoms with van der Waals surface area (Å²) in [6.07, 6.45) is 5.19. The molecule has 0 fully saturated rings. The van der Waals surface area contributed by atoms with Crippen LogP contribution in [0.2, 0.25) is 0 Å². The zero-order valence-corrected chi connectivity index (χ0v) is 15.4. The quantitative estimate of drug-likeness (QED) is 0.430. The van der Waals surface area contributed by atoms with E-state index in [2.05, 4.69) is 35.5 Å². The molecule has 4 N–H and O–H groups in total. The van der Waals surface area contributed by atoms with Crippen molar-refractivity contribution < 1.29 is 0 Å². The number of aromatic nitrogens is 8. The maximum absolute atomic E-state index is 5.97. The van der Waals surface area contributed by atoms with Gasteiger partial charge in [0.25, 0.3) is 0 Å². The summed E-state index contributed by atoms with van der Waals surface area (Å²) in [4.78, 5) is 17.5. The second kappa shape index (κ2) is 6.68. The second-order valence-corrected chi connectivity index (χ2v) is 6.34. The van der Waals surface area contributed by atoms with Crippen LogP contribution in [0.3, 0.4) is 0 Å². The molecule has 0 unspecified atom stereocenters. The smallest absolute Gasteiger partial charge is 0.162 e. The number of nitrogens with zero attached hydrogens (tertiary/aromatic N) is 7. The average Bonchev–Trinajstić information content (AvgIpc) is 3.35. The van der Waals surface area contributed by atoms with Gasteiger partial charge in [0.2, 0.25) is 0 Å². The number of nitrogens with two attached hydrogens (primary N) is 1. The summed E-state index contributed by atoms with van der Waals surface area (Å²) in [5.74, 6) is 2.13. The van der Waals surface area contributed by atoms with Crippen molar-refractivity contribution in [3.63, 3.8) is 0 Å². The van der Waals surface area contributed by atoms with Gasteiger partial charge < -0.3 is 11.1 Å². The Balaban J connectivity index is 1.75. The number of hydrogen-bond acceptors (Lipinski definition) is 8. The molecule has 0 aliphatic heterocycles. The fourth-order valence-corrected chi connectivity index (χ4v) is 3.09. The maximum atomic E-state index is 5.97. The highest BCUT2D eigenvalue weighted by atomic mass is 15.3. The van der Waals surface area contributed by atoms with E-state index >= 15 is 0 Å². The zero-order valence-electron chi connectivity index (χ0n) is 15.4. The first-order valence-corrected chi connectivity index (χ1v) is 8.86. The molecule has 0 saturated heterocycles. The van der Waals surface area contributed by atoms with Crippen molar-refractivity contribution in [2.75, 3.05) is 11.1 Å². The number of aromatic amines is 1. The Kier molecular flexibility index (Phi) is 3.87. The van der Waals surface area contributed by atoms with Crippen molar-refractivity contribution in [1.82, 2.24) is 39.7 Å². The van der Waals surface area contributed by atoms with Crippen LogP contribution in [0.15, 0.2) is 55.0 Å². The van der Waals surface area contributed by atoms with E-state index in [-0.39, 0.29) is 0 Å². The lowest BCUT2D eigenvalue weighted by molar-refractivity contribution is 0.938. The van der Waals surface area contributed by atoms with E-state index < -0.39 is 0 Å². The van der Waals surface area contributed by atoms with Crippen LogP contribution >= 0.6 is 0 Å². The van der Waals surface area contributed by atoms with E-state index in [1.54, 1.807) is 36.1 Å². The largest absolute Gasteiger partial charge is 0.384 e. The highest BCUT2D eigenvalue weighted by Crippen LogP contribution is 2.30. The van der Waals surface area contributed by atoms with Crippen molar-refractivity contribution in [2.24, 2.45) is 0 Å². The van der Waals surface area contributed by atoms with Crippen molar-refractivity contribution in [3.05, 3.63) is 60.8 Å². The predicted octanol–water partition coefficient (Wildman–Crippen LogP) is 2.61.